The van der Waals surface area contributed by atoms with E-state index >= 15 is 0 Å². The van der Waals surface area contributed by atoms with Crippen LogP contribution in [0.2, 0.25) is 39.3 Å². The Bertz CT molecular complexity index is 1100. The third kappa shape index (κ3) is 3.21. The van der Waals surface area contributed by atoms with Crippen LogP contribution in [0.15, 0.2) is 60.7 Å². The molecule has 0 saturated heterocycles. The topological polar surface area (TPSA) is 30.9 Å². The van der Waals surface area contributed by atoms with Crippen LogP contribution in [0.25, 0.3) is 27.5 Å². The summed E-state index contributed by atoms with van der Waals surface area (Å²) in [5, 5.41) is 5.75. The standard InChI is InChI=1S/C24H30N2Si2/c1-27(2,3)19-11-13-23-21(15-19)22-16-20(28(4,5)6)12-14-24(22)26(23)18-9-7-17(25)8-10-18/h7-16H,25H2,1-6H3. The second-order valence-corrected chi connectivity index (χ2v) is 20.0. The molecule has 3 aromatic carbocycles. The van der Waals surface area contributed by atoms with Crippen LogP contribution in [-0.4, -0.2) is 20.7 Å². The lowest BCUT2D eigenvalue weighted by Gasteiger charge is -2.17. The normalized spacial score (nSPS) is 12.8. The van der Waals surface area contributed by atoms with Gasteiger partial charge in [0.05, 0.1) is 27.2 Å². The van der Waals surface area contributed by atoms with Gasteiger partial charge in [-0.15, -0.1) is 0 Å². The van der Waals surface area contributed by atoms with Gasteiger partial charge in [0.2, 0.25) is 0 Å². The zero-order chi connectivity index (χ0) is 20.3. The molecule has 0 atom stereocenters. The van der Waals surface area contributed by atoms with Gasteiger partial charge in [-0.05, 0) is 36.4 Å². The predicted octanol–water partition coefficient (Wildman–Crippen LogP) is 5.46. The van der Waals surface area contributed by atoms with Crippen LogP contribution in [0.5, 0.6) is 0 Å². The quantitative estimate of drug-likeness (QED) is 0.358. The van der Waals surface area contributed by atoms with Crippen LogP contribution in [0.3, 0.4) is 0 Å². The molecule has 0 spiro atoms. The van der Waals surface area contributed by atoms with E-state index in [-0.39, 0.29) is 0 Å². The number of nitrogen functional groups attached to an aromatic ring is 1. The summed E-state index contributed by atoms with van der Waals surface area (Å²) in [6, 6.07) is 22.4. The van der Waals surface area contributed by atoms with Crippen molar-refractivity contribution in [2.45, 2.75) is 39.3 Å². The molecular weight excluding hydrogens is 372 g/mol. The summed E-state index contributed by atoms with van der Waals surface area (Å²) >= 11 is 0. The van der Waals surface area contributed by atoms with Crippen molar-refractivity contribution in [1.29, 1.82) is 0 Å². The number of rotatable bonds is 3. The van der Waals surface area contributed by atoms with Crippen molar-refractivity contribution in [2.24, 2.45) is 0 Å². The molecule has 1 heterocycles. The molecule has 0 aliphatic rings. The molecule has 1 aromatic heterocycles. The van der Waals surface area contributed by atoms with Crippen LogP contribution in [0, 0.1) is 0 Å². The first-order valence-corrected chi connectivity index (χ1v) is 17.0. The van der Waals surface area contributed by atoms with E-state index in [1.165, 1.54) is 32.2 Å². The zero-order valence-electron chi connectivity index (χ0n) is 17.8. The van der Waals surface area contributed by atoms with Gasteiger partial charge in [0.1, 0.15) is 0 Å². The van der Waals surface area contributed by atoms with Gasteiger partial charge in [0.15, 0.2) is 0 Å². The molecule has 0 amide bonds. The summed E-state index contributed by atoms with van der Waals surface area (Å²) in [5.41, 5.74) is 10.4. The van der Waals surface area contributed by atoms with Crippen molar-refractivity contribution in [1.82, 2.24) is 4.57 Å². The van der Waals surface area contributed by atoms with Crippen molar-refractivity contribution in [3.8, 4) is 5.69 Å². The summed E-state index contributed by atoms with van der Waals surface area (Å²) in [5.74, 6) is 0. The largest absolute Gasteiger partial charge is 0.399 e. The summed E-state index contributed by atoms with van der Waals surface area (Å²) in [6.45, 7) is 14.5. The van der Waals surface area contributed by atoms with Gasteiger partial charge in [-0.2, -0.15) is 0 Å². The minimum absolute atomic E-state index is 0.798. The van der Waals surface area contributed by atoms with Crippen LogP contribution < -0.4 is 16.1 Å². The first kappa shape index (κ1) is 19.0. The molecule has 4 rings (SSSR count). The van der Waals surface area contributed by atoms with Crippen molar-refractivity contribution < 1.29 is 0 Å². The van der Waals surface area contributed by atoms with Crippen LogP contribution >= 0.6 is 0 Å². The molecule has 0 unspecified atom stereocenters. The summed E-state index contributed by atoms with van der Waals surface area (Å²) in [6.07, 6.45) is 0. The average molecular weight is 403 g/mol. The number of anilines is 1. The van der Waals surface area contributed by atoms with Gasteiger partial charge in [0, 0.05) is 22.1 Å². The third-order valence-electron chi connectivity index (χ3n) is 5.65. The van der Waals surface area contributed by atoms with Crippen LogP contribution in [0.4, 0.5) is 5.69 Å². The molecule has 28 heavy (non-hydrogen) atoms. The van der Waals surface area contributed by atoms with E-state index < -0.39 is 16.1 Å². The highest BCUT2D eigenvalue weighted by Gasteiger charge is 2.22. The van der Waals surface area contributed by atoms with E-state index in [0.29, 0.717) is 0 Å². The van der Waals surface area contributed by atoms with E-state index in [1.807, 2.05) is 12.1 Å². The van der Waals surface area contributed by atoms with Gasteiger partial charge < -0.3 is 10.3 Å². The van der Waals surface area contributed by atoms with E-state index in [1.54, 1.807) is 0 Å². The number of nitrogens with two attached hydrogens (primary N) is 1. The van der Waals surface area contributed by atoms with Gasteiger partial charge in [-0.1, -0.05) is 73.9 Å². The maximum atomic E-state index is 5.94. The summed E-state index contributed by atoms with van der Waals surface area (Å²) < 4.78 is 2.38. The Balaban J connectivity index is 2.11. The Hall–Kier alpha value is -2.31. The van der Waals surface area contributed by atoms with Gasteiger partial charge in [-0.3, -0.25) is 0 Å². The number of fused-ring (bicyclic) bond motifs is 3. The molecule has 0 saturated carbocycles. The summed E-state index contributed by atoms with van der Waals surface area (Å²) in [4.78, 5) is 0. The van der Waals surface area contributed by atoms with E-state index in [4.69, 9.17) is 5.73 Å². The predicted molar refractivity (Wildman–Crippen MR) is 131 cm³/mol. The van der Waals surface area contributed by atoms with Crippen LogP contribution in [-0.2, 0) is 0 Å². The number of hydrogen-bond donors (Lipinski definition) is 1. The lowest BCUT2D eigenvalue weighted by molar-refractivity contribution is 1.18. The lowest BCUT2D eigenvalue weighted by atomic mass is 10.1. The smallest absolute Gasteiger partial charge is 0.0776 e. The Labute approximate surface area is 170 Å². The highest BCUT2D eigenvalue weighted by Crippen LogP contribution is 2.32. The molecule has 4 aromatic rings. The molecule has 0 fully saturated rings. The minimum Gasteiger partial charge on any atom is -0.399 e. The maximum absolute atomic E-state index is 5.94. The second-order valence-electron chi connectivity index (χ2n) is 9.89. The first-order chi connectivity index (χ1) is 13.1. The van der Waals surface area contributed by atoms with E-state index in [0.717, 1.165) is 11.4 Å². The third-order valence-corrected chi connectivity index (χ3v) is 9.73. The molecule has 0 bridgehead atoms. The highest BCUT2D eigenvalue weighted by atomic mass is 28.3. The fourth-order valence-corrected chi connectivity index (χ4v) is 6.18. The zero-order valence-corrected chi connectivity index (χ0v) is 19.8. The molecule has 0 aliphatic carbocycles. The number of benzene rings is 3. The first-order valence-electron chi connectivity index (χ1n) is 10.0. The lowest BCUT2D eigenvalue weighted by Crippen LogP contribution is -2.37. The van der Waals surface area contributed by atoms with E-state index in [9.17, 15) is 0 Å². The Morgan fingerprint density at radius 3 is 1.43 bits per heavy atom. The van der Waals surface area contributed by atoms with E-state index in [2.05, 4.69) is 92.4 Å². The van der Waals surface area contributed by atoms with Gasteiger partial charge >= 0.3 is 0 Å². The molecule has 0 radical (unpaired) electrons. The molecule has 144 valence electrons. The Morgan fingerprint density at radius 2 is 1.04 bits per heavy atom. The number of nitrogens with zero attached hydrogens (tertiary/aromatic N) is 1. The molecular formula is C24H30N2Si2. The van der Waals surface area contributed by atoms with Crippen molar-refractivity contribution in [2.75, 3.05) is 5.73 Å². The van der Waals surface area contributed by atoms with Gasteiger partial charge in [0.25, 0.3) is 0 Å². The highest BCUT2D eigenvalue weighted by molar-refractivity contribution is 6.89. The Kier molecular flexibility index (Phi) is 4.32. The SMILES string of the molecule is C[Si](C)(C)c1ccc2c(c1)c1cc([Si](C)(C)C)ccc1n2-c1ccc(N)cc1. The fraction of sp³-hybridized carbons (Fsp3) is 0.250. The van der Waals surface area contributed by atoms with Crippen molar-refractivity contribution in [3.05, 3.63) is 60.7 Å². The molecule has 4 heteroatoms. The van der Waals surface area contributed by atoms with Crippen molar-refractivity contribution >= 4 is 54.0 Å². The summed E-state index contributed by atoms with van der Waals surface area (Å²) in [7, 11) is -2.77. The molecule has 2 N–H and O–H groups in total. The fourth-order valence-electron chi connectivity index (χ4n) is 3.86. The average Bonchev–Trinajstić information content (AvgIpc) is 2.94. The minimum atomic E-state index is -1.38. The second kappa shape index (κ2) is 6.36. The number of aromatic nitrogens is 1. The molecule has 2 nitrogen and oxygen atoms in total. The van der Waals surface area contributed by atoms with Crippen LogP contribution in [0.1, 0.15) is 0 Å². The maximum Gasteiger partial charge on any atom is 0.0776 e. The Morgan fingerprint density at radius 1 is 0.607 bits per heavy atom. The number of hydrogen-bond acceptors (Lipinski definition) is 1. The molecule has 0 aliphatic heterocycles. The van der Waals surface area contributed by atoms with Gasteiger partial charge in [-0.25, -0.2) is 0 Å². The monoisotopic (exact) mass is 402 g/mol. The van der Waals surface area contributed by atoms with Crippen molar-refractivity contribution in [3.63, 3.8) is 0 Å².